The second kappa shape index (κ2) is 7.62. The molecule has 0 bridgehead atoms. The second-order valence-corrected chi connectivity index (χ2v) is 5.49. The van der Waals surface area contributed by atoms with Gasteiger partial charge in [-0.05, 0) is 44.0 Å². The lowest BCUT2D eigenvalue weighted by molar-refractivity contribution is -0.143. The van der Waals surface area contributed by atoms with Crippen LogP contribution in [0, 0.1) is 5.92 Å². The van der Waals surface area contributed by atoms with Gasteiger partial charge in [-0.25, -0.2) is 4.79 Å². The quantitative estimate of drug-likeness (QED) is 0.787. The van der Waals surface area contributed by atoms with Crippen LogP contribution in [0.25, 0.3) is 0 Å². The average molecular weight is 319 g/mol. The summed E-state index contributed by atoms with van der Waals surface area (Å²) in [6.45, 7) is 3.16. The van der Waals surface area contributed by atoms with Crippen molar-refractivity contribution in [1.29, 1.82) is 0 Å². The molecule has 1 aromatic carbocycles. The SMILES string of the molecule is CCNC(=O)c1ccc(NC(=O)N2CCCC(C(=O)O)C2)cc1. The van der Waals surface area contributed by atoms with E-state index < -0.39 is 11.9 Å². The number of piperidine rings is 1. The number of anilines is 1. The van der Waals surface area contributed by atoms with Crippen molar-refractivity contribution in [3.8, 4) is 0 Å². The molecule has 1 aliphatic heterocycles. The number of amides is 3. The molecule has 0 saturated carbocycles. The Bertz CT molecular complexity index is 585. The van der Waals surface area contributed by atoms with E-state index in [2.05, 4.69) is 10.6 Å². The smallest absolute Gasteiger partial charge is 0.321 e. The Balaban J connectivity index is 1.94. The summed E-state index contributed by atoms with van der Waals surface area (Å²) in [5.41, 5.74) is 1.09. The minimum absolute atomic E-state index is 0.161. The van der Waals surface area contributed by atoms with Crippen molar-refractivity contribution >= 4 is 23.6 Å². The maximum Gasteiger partial charge on any atom is 0.321 e. The monoisotopic (exact) mass is 319 g/mol. The molecule has 3 N–H and O–H groups in total. The molecular formula is C16H21N3O4. The third-order valence-corrected chi connectivity index (χ3v) is 3.79. The van der Waals surface area contributed by atoms with Crippen LogP contribution in [0.4, 0.5) is 10.5 Å². The summed E-state index contributed by atoms with van der Waals surface area (Å²) in [6.07, 6.45) is 1.28. The number of carboxylic acids is 1. The molecule has 2 rings (SSSR count). The highest BCUT2D eigenvalue weighted by Crippen LogP contribution is 2.18. The summed E-state index contributed by atoms with van der Waals surface area (Å²) in [5, 5.41) is 14.5. The van der Waals surface area contributed by atoms with E-state index in [-0.39, 0.29) is 18.5 Å². The fourth-order valence-corrected chi connectivity index (χ4v) is 2.53. The molecule has 0 radical (unpaired) electrons. The number of nitrogens with one attached hydrogen (secondary N) is 2. The van der Waals surface area contributed by atoms with Crippen molar-refractivity contribution in [2.24, 2.45) is 5.92 Å². The van der Waals surface area contributed by atoms with E-state index in [1.807, 2.05) is 6.92 Å². The van der Waals surface area contributed by atoms with Gasteiger partial charge in [0.2, 0.25) is 0 Å². The van der Waals surface area contributed by atoms with Gasteiger partial charge in [-0.1, -0.05) is 0 Å². The highest BCUT2D eigenvalue weighted by Gasteiger charge is 2.28. The van der Waals surface area contributed by atoms with Crippen LogP contribution in [0.5, 0.6) is 0 Å². The topological polar surface area (TPSA) is 98.7 Å². The van der Waals surface area contributed by atoms with Crippen molar-refractivity contribution < 1.29 is 19.5 Å². The van der Waals surface area contributed by atoms with Crippen LogP contribution in [0.15, 0.2) is 24.3 Å². The Hall–Kier alpha value is -2.57. The first-order valence-corrected chi connectivity index (χ1v) is 7.68. The first kappa shape index (κ1) is 16.8. The molecule has 1 heterocycles. The number of aliphatic carboxylic acids is 1. The van der Waals surface area contributed by atoms with Gasteiger partial charge in [0.1, 0.15) is 0 Å². The Kier molecular flexibility index (Phi) is 5.56. The van der Waals surface area contributed by atoms with Crippen LogP contribution < -0.4 is 10.6 Å². The first-order chi connectivity index (χ1) is 11.0. The van der Waals surface area contributed by atoms with Gasteiger partial charge in [0.15, 0.2) is 0 Å². The lowest BCUT2D eigenvalue weighted by Gasteiger charge is -2.30. The molecule has 3 amide bonds. The van der Waals surface area contributed by atoms with E-state index in [1.165, 1.54) is 4.90 Å². The highest BCUT2D eigenvalue weighted by atomic mass is 16.4. The van der Waals surface area contributed by atoms with Gasteiger partial charge in [0.05, 0.1) is 5.92 Å². The zero-order valence-electron chi connectivity index (χ0n) is 13.0. The number of nitrogens with zero attached hydrogens (tertiary/aromatic N) is 1. The minimum atomic E-state index is -0.867. The fourth-order valence-electron chi connectivity index (χ4n) is 2.53. The van der Waals surface area contributed by atoms with E-state index in [4.69, 9.17) is 5.11 Å². The molecule has 0 aliphatic carbocycles. The summed E-state index contributed by atoms with van der Waals surface area (Å²) >= 11 is 0. The van der Waals surface area contributed by atoms with Gasteiger partial charge < -0.3 is 20.6 Å². The van der Waals surface area contributed by atoms with Gasteiger partial charge in [0.25, 0.3) is 5.91 Å². The normalized spacial score (nSPS) is 17.4. The summed E-state index contributed by atoms with van der Waals surface area (Å²) in [4.78, 5) is 36.4. The minimum Gasteiger partial charge on any atom is -0.481 e. The number of likely N-dealkylation sites (tertiary alicyclic amines) is 1. The number of benzene rings is 1. The molecule has 7 heteroatoms. The van der Waals surface area contributed by atoms with Crippen molar-refractivity contribution in [1.82, 2.24) is 10.2 Å². The number of carboxylic acid groups (broad SMARTS) is 1. The average Bonchev–Trinajstić information content (AvgIpc) is 2.55. The molecule has 124 valence electrons. The number of carbonyl (C=O) groups excluding carboxylic acids is 2. The lowest BCUT2D eigenvalue weighted by atomic mass is 9.99. The molecule has 1 saturated heterocycles. The Morgan fingerprint density at radius 3 is 2.57 bits per heavy atom. The van der Waals surface area contributed by atoms with Crippen LogP contribution >= 0.6 is 0 Å². The number of hydrogen-bond acceptors (Lipinski definition) is 3. The Morgan fingerprint density at radius 1 is 1.26 bits per heavy atom. The van der Waals surface area contributed by atoms with Gasteiger partial charge in [-0.2, -0.15) is 0 Å². The van der Waals surface area contributed by atoms with Gasteiger partial charge in [-0.3, -0.25) is 9.59 Å². The van der Waals surface area contributed by atoms with Crippen LogP contribution in [-0.4, -0.2) is 47.5 Å². The van der Waals surface area contributed by atoms with Crippen molar-refractivity contribution in [3.63, 3.8) is 0 Å². The molecule has 0 aromatic heterocycles. The second-order valence-electron chi connectivity index (χ2n) is 5.49. The molecule has 1 unspecified atom stereocenters. The standard InChI is InChI=1S/C16H21N3O4/c1-2-17-14(20)11-5-7-13(8-6-11)18-16(23)19-9-3-4-12(10-19)15(21)22/h5-8,12H,2-4,9-10H2,1H3,(H,17,20)(H,18,23)(H,21,22). The van der Waals surface area contributed by atoms with Crippen molar-refractivity contribution in [3.05, 3.63) is 29.8 Å². The highest BCUT2D eigenvalue weighted by molar-refractivity contribution is 5.95. The maximum atomic E-state index is 12.2. The van der Waals surface area contributed by atoms with Crippen molar-refractivity contribution in [2.45, 2.75) is 19.8 Å². The summed E-state index contributed by atoms with van der Waals surface area (Å²) in [6, 6.07) is 6.26. The molecule has 7 nitrogen and oxygen atoms in total. The van der Waals surface area contributed by atoms with Crippen LogP contribution in [0.2, 0.25) is 0 Å². The predicted molar refractivity (Wildman–Crippen MR) is 85.4 cm³/mol. The van der Waals surface area contributed by atoms with E-state index in [0.29, 0.717) is 37.2 Å². The molecule has 23 heavy (non-hydrogen) atoms. The lowest BCUT2D eigenvalue weighted by Crippen LogP contribution is -2.44. The van der Waals surface area contributed by atoms with Crippen LogP contribution in [0.1, 0.15) is 30.1 Å². The maximum absolute atomic E-state index is 12.2. The third-order valence-electron chi connectivity index (χ3n) is 3.79. The molecule has 0 spiro atoms. The third kappa shape index (κ3) is 4.45. The van der Waals surface area contributed by atoms with E-state index in [0.717, 1.165) is 0 Å². The number of hydrogen-bond donors (Lipinski definition) is 3. The predicted octanol–water partition coefficient (Wildman–Crippen LogP) is 1.76. The zero-order valence-corrected chi connectivity index (χ0v) is 13.0. The van der Waals surface area contributed by atoms with Gasteiger partial charge in [-0.15, -0.1) is 0 Å². The zero-order chi connectivity index (χ0) is 16.8. The fraction of sp³-hybridized carbons (Fsp3) is 0.438. The van der Waals surface area contributed by atoms with Gasteiger partial charge >= 0.3 is 12.0 Å². The first-order valence-electron chi connectivity index (χ1n) is 7.68. The molecule has 1 aliphatic rings. The molecule has 1 aromatic rings. The van der Waals surface area contributed by atoms with E-state index in [1.54, 1.807) is 24.3 Å². The number of rotatable bonds is 4. The van der Waals surface area contributed by atoms with E-state index >= 15 is 0 Å². The molecule has 1 fully saturated rings. The summed E-state index contributed by atoms with van der Waals surface area (Å²) < 4.78 is 0. The number of carbonyl (C=O) groups is 3. The van der Waals surface area contributed by atoms with Crippen LogP contribution in [-0.2, 0) is 4.79 Å². The van der Waals surface area contributed by atoms with Crippen LogP contribution in [0.3, 0.4) is 0 Å². The van der Waals surface area contributed by atoms with E-state index in [9.17, 15) is 14.4 Å². The Labute approximate surface area is 134 Å². The van der Waals surface area contributed by atoms with Gasteiger partial charge in [0, 0.05) is 30.9 Å². The number of urea groups is 1. The largest absolute Gasteiger partial charge is 0.481 e. The van der Waals surface area contributed by atoms with Crippen molar-refractivity contribution in [2.75, 3.05) is 25.0 Å². The summed E-state index contributed by atoms with van der Waals surface area (Å²) in [5.74, 6) is -1.53. The summed E-state index contributed by atoms with van der Waals surface area (Å²) in [7, 11) is 0. The Morgan fingerprint density at radius 2 is 1.96 bits per heavy atom. The molecular weight excluding hydrogens is 298 g/mol. The molecule has 1 atom stereocenters.